The first kappa shape index (κ1) is 12.7. The highest BCUT2D eigenvalue weighted by molar-refractivity contribution is 6.16. The molecule has 1 aliphatic rings. The van der Waals surface area contributed by atoms with Gasteiger partial charge in [-0.15, -0.1) is 5.10 Å². The smallest absolute Gasteiger partial charge is 0.134 e. The normalized spacial score (nSPS) is 16.1. The highest BCUT2D eigenvalue weighted by Crippen LogP contribution is 2.11. The van der Waals surface area contributed by atoms with Gasteiger partial charge in [-0.05, 0) is 29.8 Å². The minimum Gasteiger partial charge on any atom is -0.497 e. The summed E-state index contributed by atoms with van der Waals surface area (Å²) >= 11 is 0. The number of nitrogens with zero attached hydrogens (tertiary/aromatic N) is 2. The van der Waals surface area contributed by atoms with Gasteiger partial charge in [0.25, 0.3) is 0 Å². The van der Waals surface area contributed by atoms with E-state index >= 15 is 0 Å². The van der Waals surface area contributed by atoms with Gasteiger partial charge >= 0.3 is 0 Å². The Balaban J connectivity index is 2.17. The highest BCUT2D eigenvalue weighted by Gasteiger charge is 2.03. The summed E-state index contributed by atoms with van der Waals surface area (Å²) in [6.07, 6.45) is 8.51. The Morgan fingerprint density at radius 2 is 2.11 bits per heavy atom. The summed E-state index contributed by atoms with van der Waals surface area (Å²) in [6, 6.07) is 7.45. The molecule has 0 amide bonds. The molecular weight excluding hydrogens is 240 g/mol. The summed E-state index contributed by atoms with van der Waals surface area (Å²) in [7, 11) is 1.61. The standard InChI is InChI=1S/C15H12N2O2/c1-19-14-7-4-5-12(9-14)10-16-17-15-8-3-2-6-13(15)11-18/h2-10H,1H3/b16-10-,17-15-. The molecule has 1 aromatic rings. The fraction of sp³-hybridized carbons (Fsp3) is 0.0667. The summed E-state index contributed by atoms with van der Waals surface area (Å²) in [4.78, 5) is 10.7. The summed E-state index contributed by atoms with van der Waals surface area (Å²) in [5.41, 5.74) is 1.76. The van der Waals surface area contributed by atoms with Crippen LogP contribution in [0.4, 0.5) is 0 Å². The molecule has 0 saturated heterocycles. The van der Waals surface area contributed by atoms with E-state index in [9.17, 15) is 4.79 Å². The lowest BCUT2D eigenvalue weighted by atomic mass is 10.1. The van der Waals surface area contributed by atoms with Crippen LogP contribution >= 0.6 is 0 Å². The molecule has 0 saturated carbocycles. The second-order valence-electron chi connectivity index (χ2n) is 3.74. The molecule has 0 radical (unpaired) electrons. The first-order valence-electron chi connectivity index (χ1n) is 5.69. The lowest BCUT2D eigenvalue weighted by Crippen LogP contribution is -1.99. The van der Waals surface area contributed by atoms with E-state index in [4.69, 9.17) is 4.74 Å². The van der Waals surface area contributed by atoms with Crippen molar-refractivity contribution in [2.24, 2.45) is 10.2 Å². The Morgan fingerprint density at radius 3 is 2.89 bits per heavy atom. The molecule has 2 rings (SSSR count). The van der Waals surface area contributed by atoms with Crippen molar-refractivity contribution in [2.75, 3.05) is 7.11 Å². The number of methoxy groups -OCH3 is 1. The number of benzene rings is 1. The Kier molecular flexibility index (Phi) is 4.21. The van der Waals surface area contributed by atoms with Gasteiger partial charge in [-0.3, -0.25) is 0 Å². The molecule has 0 bridgehead atoms. The molecule has 0 fully saturated rings. The van der Waals surface area contributed by atoms with E-state index in [1.165, 1.54) is 0 Å². The number of allylic oxidation sites excluding steroid dienone is 5. The van der Waals surface area contributed by atoms with Gasteiger partial charge in [-0.1, -0.05) is 24.3 Å². The van der Waals surface area contributed by atoms with Crippen LogP contribution in [0.2, 0.25) is 0 Å². The third-order valence-electron chi connectivity index (χ3n) is 2.48. The van der Waals surface area contributed by atoms with Crippen molar-refractivity contribution < 1.29 is 9.53 Å². The van der Waals surface area contributed by atoms with Crippen molar-refractivity contribution in [2.45, 2.75) is 0 Å². The minimum atomic E-state index is 0.394. The summed E-state index contributed by atoms with van der Waals surface area (Å²) in [6.45, 7) is 0. The summed E-state index contributed by atoms with van der Waals surface area (Å²) < 4.78 is 5.11. The molecular formula is C15H12N2O2. The van der Waals surface area contributed by atoms with Crippen LogP contribution in [0.1, 0.15) is 5.56 Å². The van der Waals surface area contributed by atoms with Gasteiger partial charge in [0.15, 0.2) is 0 Å². The maximum Gasteiger partial charge on any atom is 0.134 e. The molecule has 19 heavy (non-hydrogen) atoms. The fourth-order valence-corrected chi connectivity index (χ4v) is 1.53. The van der Waals surface area contributed by atoms with Gasteiger partial charge in [-0.25, -0.2) is 4.79 Å². The van der Waals surface area contributed by atoms with Crippen LogP contribution in [0.25, 0.3) is 0 Å². The first-order chi connectivity index (χ1) is 9.33. The van der Waals surface area contributed by atoms with Crippen LogP contribution in [0, 0.1) is 0 Å². The number of hydrogen-bond donors (Lipinski definition) is 0. The third-order valence-corrected chi connectivity index (χ3v) is 2.48. The predicted molar refractivity (Wildman–Crippen MR) is 75.5 cm³/mol. The maximum atomic E-state index is 10.7. The van der Waals surface area contributed by atoms with E-state index in [-0.39, 0.29) is 0 Å². The Labute approximate surface area is 111 Å². The zero-order valence-corrected chi connectivity index (χ0v) is 10.4. The zero-order chi connectivity index (χ0) is 13.5. The summed E-state index contributed by atoms with van der Waals surface area (Å²) in [5, 5.41) is 7.96. The second kappa shape index (κ2) is 6.28. The van der Waals surface area contributed by atoms with Crippen molar-refractivity contribution in [1.82, 2.24) is 0 Å². The molecule has 0 spiro atoms. The predicted octanol–water partition coefficient (Wildman–Crippen LogP) is 2.35. The molecule has 0 N–H and O–H groups in total. The van der Waals surface area contributed by atoms with Crippen molar-refractivity contribution in [3.63, 3.8) is 0 Å². The number of hydrogen-bond acceptors (Lipinski definition) is 4. The van der Waals surface area contributed by atoms with E-state index in [0.29, 0.717) is 11.3 Å². The summed E-state index contributed by atoms with van der Waals surface area (Å²) in [5.74, 6) is 2.58. The van der Waals surface area contributed by atoms with Crippen molar-refractivity contribution in [1.29, 1.82) is 0 Å². The van der Waals surface area contributed by atoms with Crippen molar-refractivity contribution >= 4 is 17.9 Å². The Hall–Kier alpha value is -2.71. The molecule has 94 valence electrons. The first-order valence-corrected chi connectivity index (χ1v) is 5.69. The SMILES string of the molecule is COc1cccc(/C=N\N=C2\C=CC=CC2=C=O)c1. The van der Waals surface area contributed by atoms with E-state index in [2.05, 4.69) is 10.2 Å². The Morgan fingerprint density at radius 1 is 1.26 bits per heavy atom. The van der Waals surface area contributed by atoms with Crippen LogP contribution < -0.4 is 4.74 Å². The number of rotatable bonds is 3. The van der Waals surface area contributed by atoms with Crippen molar-refractivity contribution in [3.05, 3.63) is 59.7 Å². The topological polar surface area (TPSA) is 51.0 Å². The molecule has 1 aromatic carbocycles. The van der Waals surface area contributed by atoms with E-state index in [1.54, 1.807) is 37.6 Å². The van der Waals surface area contributed by atoms with Crippen LogP contribution in [0.15, 0.2) is 64.3 Å². The Bertz CT molecular complexity index is 633. The molecule has 4 nitrogen and oxygen atoms in total. The molecule has 0 unspecified atom stereocenters. The number of carbonyl (C=O) groups excluding carboxylic acids is 1. The largest absolute Gasteiger partial charge is 0.497 e. The van der Waals surface area contributed by atoms with Crippen LogP contribution in [-0.2, 0) is 4.79 Å². The van der Waals surface area contributed by atoms with Crippen LogP contribution in [0.5, 0.6) is 5.75 Å². The van der Waals surface area contributed by atoms with Gasteiger partial charge in [-0.2, -0.15) is 5.10 Å². The lowest BCUT2D eigenvalue weighted by Gasteiger charge is -2.00. The quantitative estimate of drug-likeness (QED) is 0.471. The van der Waals surface area contributed by atoms with Crippen molar-refractivity contribution in [3.8, 4) is 5.75 Å². The minimum absolute atomic E-state index is 0.394. The van der Waals surface area contributed by atoms with E-state index < -0.39 is 0 Å². The van der Waals surface area contributed by atoms with Gasteiger partial charge < -0.3 is 4.74 Å². The average Bonchev–Trinajstić information content (AvgIpc) is 2.48. The maximum absolute atomic E-state index is 10.7. The molecule has 4 heteroatoms. The van der Waals surface area contributed by atoms with E-state index in [1.807, 2.05) is 30.2 Å². The zero-order valence-electron chi connectivity index (χ0n) is 10.4. The molecule has 0 aliphatic heterocycles. The molecule has 0 atom stereocenters. The van der Waals surface area contributed by atoms with Gasteiger partial charge in [0.05, 0.1) is 18.9 Å². The van der Waals surface area contributed by atoms with Gasteiger partial charge in [0.1, 0.15) is 17.4 Å². The van der Waals surface area contributed by atoms with Gasteiger partial charge in [0.2, 0.25) is 0 Å². The molecule has 0 heterocycles. The number of ether oxygens (including phenoxy) is 1. The monoisotopic (exact) mass is 252 g/mol. The molecule has 0 aromatic heterocycles. The highest BCUT2D eigenvalue weighted by atomic mass is 16.5. The third kappa shape index (κ3) is 3.37. The lowest BCUT2D eigenvalue weighted by molar-refractivity contribution is 0.415. The van der Waals surface area contributed by atoms with Crippen LogP contribution in [-0.4, -0.2) is 25.0 Å². The van der Waals surface area contributed by atoms with Gasteiger partial charge in [0, 0.05) is 0 Å². The average molecular weight is 252 g/mol. The molecule has 1 aliphatic carbocycles. The van der Waals surface area contributed by atoms with E-state index in [0.717, 1.165) is 11.3 Å². The van der Waals surface area contributed by atoms with Crippen LogP contribution in [0.3, 0.4) is 0 Å². The fourth-order valence-electron chi connectivity index (χ4n) is 1.53. The second-order valence-corrected chi connectivity index (χ2v) is 3.74.